The molecule has 0 fully saturated rings. The van der Waals surface area contributed by atoms with Gasteiger partial charge in [-0.25, -0.2) is 0 Å². The van der Waals surface area contributed by atoms with Gasteiger partial charge >= 0.3 is 0 Å². The summed E-state index contributed by atoms with van der Waals surface area (Å²) in [6.45, 7) is 2.03. The Bertz CT molecular complexity index is 231. The Morgan fingerprint density at radius 2 is 2.20 bits per heavy atom. The van der Waals surface area contributed by atoms with Gasteiger partial charge in [0.15, 0.2) is 0 Å². The summed E-state index contributed by atoms with van der Waals surface area (Å²) < 4.78 is 0. The first-order chi connectivity index (χ1) is 4.74. The molecule has 1 radical (unpaired) electrons. The van der Waals surface area contributed by atoms with Crippen molar-refractivity contribution in [1.29, 1.82) is 0 Å². The standard InChI is InChI=1S/C8H7Cl2/c1-2-6-3-4-7(9)5-8(6)10/h4-5H,2H2,1H3. The quantitative estimate of drug-likeness (QED) is 0.612. The number of halogens is 2. The molecule has 1 aromatic carbocycles. The Balaban J connectivity index is 3.07. The fourth-order valence-electron chi connectivity index (χ4n) is 0.746. The molecule has 0 heterocycles. The van der Waals surface area contributed by atoms with Crippen LogP contribution in [0.25, 0.3) is 0 Å². The largest absolute Gasteiger partial charge is 0.0843 e. The van der Waals surface area contributed by atoms with E-state index in [1.807, 2.05) is 6.92 Å². The fraction of sp³-hybridized carbons (Fsp3) is 0.250. The van der Waals surface area contributed by atoms with Gasteiger partial charge in [0.1, 0.15) is 0 Å². The van der Waals surface area contributed by atoms with Crippen molar-refractivity contribution in [3.8, 4) is 0 Å². The van der Waals surface area contributed by atoms with Crippen LogP contribution in [0.3, 0.4) is 0 Å². The lowest BCUT2D eigenvalue weighted by Gasteiger charge is -1.98. The Hall–Kier alpha value is -0.200. The van der Waals surface area contributed by atoms with E-state index in [0.717, 1.165) is 12.0 Å². The molecule has 1 rings (SSSR count). The minimum absolute atomic E-state index is 0.641. The van der Waals surface area contributed by atoms with Crippen molar-refractivity contribution in [3.05, 3.63) is 33.8 Å². The van der Waals surface area contributed by atoms with Gasteiger partial charge in [-0.3, -0.25) is 0 Å². The molecule has 0 aliphatic heterocycles. The van der Waals surface area contributed by atoms with Crippen molar-refractivity contribution < 1.29 is 0 Å². The predicted molar refractivity (Wildman–Crippen MR) is 44.7 cm³/mol. The molecule has 0 atom stereocenters. The third-order valence-corrected chi connectivity index (χ3v) is 1.85. The second-order valence-corrected chi connectivity index (χ2v) is 2.84. The summed E-state index contributed by atoms with van der Waals surface area (Å²) in [7, 11) is 0. The van der Waals surface area contributed by atoms with Crippen LogP contribution in [0.2, 0.25) is 10.0 Å². The number of aryl methyl sites for hydroxylation is 1. The minimum atomic E-state index is 0.641. The number of benzene rings is 1. The predicted octanol–water partition coefficient (Wildman–Crippen LogP) is 3.36. The van der Waals surface area contributed by atoms with Gasteiger partial charge in [0.25, 0.3) is 0 Å². The van der Waals surface area contributed by atoms with E-state index in [4.69, 9.17) is 23.2 Å². The van der Waals surface area contributed by atoms with Crippen LogP contribution in [0, 0.1) is 6.07 Å². The Labute approximate surface area is 70.8 Å². The number of rotatable bonds is 1. The Kier molecular flexibility index (Phi) is 2.58. The average molecular weight is 174 g/mol. The zero-order valence-corrected chi connectivity index (χ0v) is 7.13. The van der Waals surface area contributed by atoms with Crippen molar-refractivity contribution in [2.45, 2.75) is 13.3 Å². The molecular weight excluding hydrogens is 167 g/mol. The van der Waals surface area contributed by atoms with Crippen LogP contribution in [0.1, 0.15) is 12.5 Å². The van der Waals surface area contributed by atoms with E-state index < -0.39 is 0 Å². The second kappa shape index (κ2) is 3.27. The fourth-order valence-corrected chi connectivity index (χ4v) is 1.27. The lowest BCUT2D eigenvalue weighted by molar-refractivity contribution is 1.14. The highest BCUT2D eigenvalue weighted by Crippen LogP contribution is 2.20. The van der Waals surface area contributed by atoms with Gasteiger partial charge in [-0.15, -0.1) is 0 Å². The molecule has 2 heteroatoms. The third-order valence-electron chi connectivity index (χ3n) is 1.29. The molecule has 1 aromatic rings. The van der Waals surface area contributed by atoms with Crippen molar-refractivity contribution >= 4 is 23.2 Å². The van der Waals surface area contributed by atoms with E-state index in [-0.39, 0.29) is 0 Å². The van der Waals surface area contributed by atoms with Crippen molar-refractivity contribution in [2.75, 3.05) is 0 Å². The minimum Gasteiger partial charge on any atom is -0.0843 e. The van der Waals surface area contributed by atoms with Crippen LogP contribution in [-0.4, -0.2) is 0 Å². The molecule has 0 unspecified atom stereocenters. The summed E-state index contributed by atoms with van der Waals surface area (Å²) in [6, 6.07) is 6.45. The van der Waals surface area contributed by atoms with Crippen LogP contribution < -0.4 is 0 Å². The molecule has 0 aromatic heterocycles. The van der Waals surface area contributed by atoms with Crippen LogP contribution >= 0.6 is 23.2 Å². The highest BCUT2D eigenvalue weighted by molar-refractivity contribution is 6.35. The number of hydrogen-bond donors (Lipinski definition) is 0. The van der Waals surface area contributed by atoms with Crippen LogP contribution in [0.5, 0.6) is 0 Å². The molecule has 0 amide bonds. The van der Waals surface area contributed by atoms with E-state index >= 15 is 0 Å². The Morgan fingerprint density at radius 3 is 2.70 bits per heavy atom. The van der Waals surface area contributed by atoms with Crippen molar-refractivity contribution in [2.24, 2.45) is 0 Å². The maximum atomic E-state index is 5.81. The normalized spacial score (nSPS) is 9.90. The molecule has 0 saturated carbocycles. The van der Waals surface area contributed by atoms with E-state index in [0.29, 0.717) is 10.0 Å². The highest BCUT2D eigenvalue weighted by atomic mass is 35.5. The molecule has 0 aliphatic rings. The Morgan fingerprint density at radius 1 is 1.50 bits per heavy atom. The lowest BCUT2D eigenvalue weighted by atomic mass is 10.2. The summed E-state index contributed by atoms with van der Waals surface area (Å²) in [5.74, 6) is 0. The van der Waals surface area contributed by atoms with Gasteiger partial charge in [0, 0.05) is 10.0 Å². The van der Waals surface area contributed by atoms with Gasteiger partial charge < -0.3 is 0 Å². The van der Waals surface area contributed by atoms with Gasteiger partial charge in [-0.05, 0) is 30.2 Å². The van der Waals surface area contributed by atoms with Crippen LogP contribution in [-0.2, 0) is 6.42 Å². The first-order valence-corrected chi connectivity index (χ1v) is 3.85. The van der Waals surface area contributed by atoms with Crippen molar-refractivity contribution in [1.82, 2.24) is 0 Å². The van der Waals surface area contributed by atoms with Gasteiger partial charge in [0.05, 0.1) is 0 Å². The summed E-state index contributed by atoms with van der Waals surface area (Å²) in [5, 5.41) is 1.34. The molecular formula is C8H7Cl2. The van der Waals surface area contributed by atoms with Gasteiger partial charge in [-0.1, -0.05) is 30.1 Å². The SMILES string of the molecule is CCc1[c]cc(Cl)cc1Cl. The summed E-state index contributed by atoms with van der Waals surface area (Å²) in [5.41, 5.74) is 1.02. The van der Waals surface area contributed by atoms with Gasteiger partial charge in [-0.2, -0.15) is 0 Å². The average Bonchev–Trinajstić information content (AvgIpc) is 1.88. The molecule has 0 aliphatic carbocycles. The summed E-state index contributed by atoms with van der Waals surface area (Å²) >= 11 is 11.5. The van der Waals surface area contributed by atoms with E-state index in [9.17, 15) is 0 Å². The van der Waals surface area contributed by atoms with E-state index in [1.54, 1.807) is 12.1 Å². The smallest absolute Gasteiger partial charge is 0.0458 e. The molecule has 0 spiro atoms. The highest BCUT2D eigenvalue weighted by Gasteiger charge is 1.97. The topological polar surface area (TPSA) is 0 Å². The first kappa shape index (κ1) is 7.90. The zero-order chi connectivity index (χ0) is 7.56. The van der Waals surface area contributed by atoms with E-state index in [1.165, 1.54) is 0 Å². The molecule has 0 N–H and O–H groups in total. The summed E-state index contributed by atoms with van der Waals surface area (Å²) in [6.07, 6.45) is 0.899. The third kappa shape index (κ3) is 1.65. The van der Waals surface area contributed by atoms with Crippen LogP contribution in [0.15, 0.2) is 12.1 Å². The molecule has 0 nitrogen and oxygen atoms in total. The zero-order valence-electron chi connectivity index (χ0n) is 5.62. The molecule has 0 bridgehead atoms. The summed E-state index contributed by atoms with van der Waals surface area (Å²) in [4.78, 5) is 0. The maximum Gasteiger partial charge on any atom is 0.0458 e. The molecule has 0 saturated heterocycles. The second-order valence-electron chi connectivity index (χ2n) is 2.00. The lowest BCUT2D eigenvalue weighted by Crippen LogP contribution is -1.80. The molecule has 53 valence electrons. The maximum absolute atomic E-state index is 5.81. The monoisotopic (exact) mass is 173 g/mol. The first-order valence-electron chi connectivity index (χ1n) is 3.09. The molecule has 10 heavy (non-hydrogen) atoms. The number of hydrogen-bond acceptors (Lipinski definition) is 0. The van der Waals surface area contributed by atoms with Crippen LogP contribution in [0.4, 0.5) is 0 Å². The van der Waals surface area contributed by atoms with Gasteiger partial charge in [0.2, 0.25) is 0 Å². The van der Waals surface area contributed by atoms with Crippen molar-refractivity contribution in [3.63, 3.8) is 0 Å². The van der Waals surface area contributed by atoms with E-state index in [2.05, 4.69) is 6.07 Å².